The van der Waals surface area contributed by atoms with Gasteiger partial charge in [-0.2, -0.15) is 26.3 Å². The Morgan fingerprint density at radius 3 is 1.98 bits per heavy atom. The van der Waals surface area contributed by atoms with Crippen molar-refractivity contribution in [1.82, 2.24) is 9.80 Å². The third-order valence-corrected chi connectivity index (χ3v) is 11.7. The van der Waals surface area contributed by atoms with E-state index in [1.807, 2.05) is 37.3 Å². The lowest BCUT2D eigenvalue weighted by Gasteiger charge is -2.38. The summed E-state index contributed by atoms with van der Waals surface area (Å²) in [6.45, 7) is 3.06. The van der Waals surface area contributed by atoms with Crippen molar-refractivity contribution in [3.8, 4) is 0 Å². The smallest absolute Gasteiger partial charge is 0.349 e. The molecule has 3 aromatic rings. The quantitative estimate of drug-likeness (QED) is 0.216. The van der Waals surface area contributed by atoms with E-state index < -0.39 is 58.7 Å². The molecular formula is C40H42F8N2O3. The summed E-state index contributed by atoms with van der Waals surface area (Å²) in [5.41, 5.74) is -6.67. The zero-order valence-electron chi connectivity index (χ0n) is 29.5. The normalized spacial score (nSPS) is 22.1. The maximum atomic E-state index is 15.5. The number of ether oxygens (including phenoxy) is 1. The molecule has 1 aliphatic carbocycles. The van der Waals surface area contributed by atoms with E-state index in [-0.39, 0.29) is 42.3 Å². The number of amides is 2. The Hall–Kier alpha value is -4.00. The van der Waals surface area contributed by atoms with Gasteiger partial charge >= 0.3 is 12.4 Å². The number of hydrogen-bond acceptors (Lipinski definition) is 3. The van der Waals surface area contributed by atoms with Gasteiger partial charge in [-0.05, 0) is 54.4 Å². The highest BCUT2D eigenvalue weighted by Crippen LogP contribution is 2.54. The number of likely N-dealkylation sites (tertiary alicyclic amines) is 2. The monoisotopic (exact) mass is 750 g/mol. The van der Waals surface area contributed by atoms with Crippen LogP contribution in [0, 0.1) is 17.6 Å². The van der Waals surface area contributed by atoms with Crippen LogP contribution in [0.4, 0.5) is 35.1 Å². The fourth-order valence-corrected chi connectivity index (χ4v) is 8.61. The molecule has 3 aromatic carbocycles. The minimum absolute atomic E-state index is 0.0449. The summed E-state index contributed by atoms with van der Waals surface area (Å²) in [7, 11) is 0. The van der Waals surface area contributed by atoms with Gasteiger partial charge < -0.3 is 14.5 Å². The molecule has 13 heteroatoms. The van der Waals surface area contributed by atoms with Crippen molar-refractivity contribution in [3.05, 3.63) is 106 Å². The number of nitrogens with zero attached hydrogens (tertiary/aromatic N) is 2. The van der Waals surface area contributed by atoms with Crippen molar-refractivity contribution in [1.29, 1.82) is 0 Å². The van der Waals surface area contributed by atoms with Crippen LogP contribution in [0.3, 0.4) is 0 Å². The van der Waals surface area contributed by atoms with E-state index in [4.69, 9.17) is 4.74 Å². The predicted molar refractivity (Wildman–Crippen MR) is 181 cm³/mol. The van der Waals surface area contributed by atoms with Crippen LogP contribution in [-0.2, 0) is 31.9 Å². The minimum Gasteiger partial charge on any atom is -0.349 e. The van der Waals surface area contributed by atoms with Crippen LogP contribution >= 0.6 is 0 Å². The topological polar surface area (TPSA) is 49.9 Å². The van der Waals surface area contributed by atoms with E-state index >= 15 is 4.39 Å². The van der Waals surface area contributed by atoms with Crippen molar-refractivity contribution in [2.45, 2.75) is 94.2 Å². The molecule has 2 saturated heterocycles. The zero-order valence-corrected chi connectivity index (χ0v) is 29.5. The Kier molecular flexibility index (Phi) is 10.7. The average molecular weight is 751 g/mol. The van der Waals surface area contributed by atoms with E-state index in [1.165, 1.54) is 25.1 Å². The molecule has 0 N–H and O–H groups in total. The molecule has 0 aromatic heterocycles. The first-order valence-corrected chi connectivity index (χ1v) is 17.9. The van der Waals surface area contributed by atoms with Gasteiger partial charge in [0.2, 0.25) is 11.8 Å². The van der Waals surface area contributed by atoms with Gasteiger partial charge in [0, 0.05) is 61.5 Å². The Balaban J connectivity index is 1.32. The highest BCUT2D eigenvalue weighted by Gasteiger charge is 2.73. The molecule has 0 unspecified atom stereocenters. The lowest BCUT2D eigenvalue weighted by atomic mass is 9.71. The summed E-state index contributed by atoms with van der Waals surface area (Å²) >= 11 is 0. The minimum atomic E-state index is -6.07. The molecule has 0 bridgehead atoms. The highest BCUT2D eigenvalue weighted by molar-refractivity contribution is 5.80. The summed E-state index contributed by atoms with van der Waals surface area (Å²) in [6, 6.07) is 15.0. The standard InChI is InChI=1S/C40H42F8N2O3/c1-25(51)49-20-18-28(19-21-49)36(52)50-22-33(37(2,24-50)29-10-4-3-5-11-29)27-12-14-30(15-13-27)38(39(43,44)45,40(46,47)48)53-23-32-34(41)17-16-31(35(32)42)26-8-6-7-9-26/h3-5,10-17,26,28,33H,6-9,18-24H2,1-2H3/t33-,37+/m0/s1. The van der Waals surface area contributed by atoms with E-state index in [0.717, 1.165) is 24.5 Å². The van der Waals surface area contributed by atoms with E-state index in [1.54, 1.807) is 9.80 Å². The Morgan fingerprint density at radius 1 is 0.811 bits per heavy atom. The van der Waals surface area contributed by atoms with Crippen LogP contribution in [0.5, 0.6) is 0 Å². The zero-order chi connectivity index (χ0) is 38.3. The largest absolute Gasteiger partial charge is 0.430 e. The number of carbonyl (C=O) groups excluding carboxylic acids is 2. The average Bonchev–Trinajstić information content (AvgIpc) is 3.78. The van der Waals surface area contributed by atoms with Crippen LogP contribution in [0.1, 0.15) is 92.0 Å². The first-order valence-electron chi connectivity index (χ1n) is 17.9. The summed E-state index contributed by atoms with van der Waals surface area (Å²) < 4.78 is 124. The number of halogens is 8. The van der Waals surface area contributed by atoms with Gasteiger partial charge in [-0.15, -0.1) is 0 Å². The summed E-state index contributed by atoms with van der Waals surface area (Å²) in [6.07, 6.45) is -8.50. The number of carbonyl (C=O) groups is 2. The first-order chi connectivity index (χ1) is 25.0. The molecule has 5 nitrogen and oxygen atoms in total. The molecule has 53 heavy (non-hydrogen) atoms. The van der Waals surface area contributed by atoms with E-state index in [9.17, 15) is 40.3 Å². The number of hydrogen-bond donors (Lipinski definition) is 0. The maximum Gasteiger partial charge on any atom is 0.430 e. The molecule has 3 fully saturated rings. The van der Waals surface area contributed by atoms with Crippen LogP contribution < -0.4 is 0 Å². The van der Waals surface area contributed by atoms with Gasteiger partial charge in [-0.25, -0.2) is 8.78 Å². The molecular weight excluding hydrogens is 708 g/mol. The van der Waals surface area contributed by atoms with Gasteiger partial charge in [0.25, 0.3) is 5.60 Å². The lowest BCUT2D eigenvalue weighted by Crippen LogP contribution is -2.56. The first kappa shape index (κ1) is 38.7. The Bertz CT molecular complexity index is 1770. The highest BCUT2D eigenvalue weighted by atomic mass is 19.4. The van der Waals surface area contributed by atoms with Crippen LogP contribution in [0.25, 0.3) is 0 Å². The van der Waals surface area contributed by atoms with Crippen LogP contribution in [0.15, 0.2) is 66.7 Å². The van der Waals surface area contributed by atoms with Gasteiger partial charge in [0.05, 0.1) is 6.61 Å². The maximum absolute atomic E-state index is 15.5. The molecule has 2 amide bonds. The number of rotatable bonds is 8. The van der Waals surface area contributed by atoms with E-state index in [2.05, 4.69) is 0 Å². The summed E-state index contributed by atoms with van der Waals surface area (Å²) in [4.78, 5) is 29.0. The Labute approximate surface area is 303 Å². The molecule has 2 aliphatic heterocycles. The lowest BCUT2D eigenvalue weighted by molar-refractivity contribution is -0.392. The molecule has 2 atom stereocenters. The molecule has 286 valence electrons. The number of piperidine rings is 1. The van der Waals surface area contributed by atoms with Crippen molar-refractivity contribution < 1.29 is 49.4 Å². The van der Waals surface area contributed by atoms with Gasteiger partial charge in [-0.1, -0.05) is 80.4 Å². The van der Waals surface area contributed by atoms with E-state index in [0.29, 0.717) is 56.5 Å². The Morgan fingerprint density at radius 2 is 1.42 bits per heavy atom. The van der Waals surface area contributed by atoms with Gasteiger partial charge in [-0.3, -0.25) is 9.59 Å². The third-order valence-electron chi connectivity index (χ3n) is 11.7. The molecule has 1 saturated carbocycles. The molecule has 3 aliphatic rings. The second kappa shape index (κ2) is 14.7. The SMILES string of the molecule is CC(=O)N1CCC(C(=O)N2C[C@@H](c3ccc(C(OCc4c(F)ccc(C5CCCC5)c4F)(C(F)(F)F)C(F)(F)F)cc3)[C@@](C)(c3ccccc3)C2)CC1. The number of alkyl halides is 6. The van der Waals surface area contributed by atoms with Gasteiger partial charge in [0.15, 0.2) is 0 Å². The van der Waals surface area contributed by atoms with Crippen molar-refractivity contribution in [3.63, 3.8) is 0 Å². The van der Waals surface area contributed by atoms with Crippen molar-refractivity contribution in [2.75, 3.05) is 26.2 Å². The fourth-order valence-electron chi connectivity index (χ4n) is 8.61. The molecule has 6 rings (SSSR count). The summed E-state index contributed by atoms with van der Waals surface area (Å²) in [5.74, 6) is -3.87. The fraction of sp³-hybridized carbons (Fsp3) is 0.500. The second-order valence-corrected chi connectivity index (χ2v) is 14.8. The second-order valence-electron chi connectivity index (χ2n) is 14.8. The molecule has 0 radical (unpaired) electrons. The predicted octanol–water partition coefficient (Wildman–Crippen LogP) is 9.30. The van der Waals surface area contributed by atoms with Gasteiger partial charge in [0.1, 0.15) is 11.6 Å². The van der Waals surface area contributed by atoms with Crippen LogP contribution in [0.2, 0.25) is 0 Å². The van der Waals surface area contributed by atoms with Crippen molar-refractivity contribution >= 4 is 11.8 Å². The summed E-state index contributed by atoms with van der Waals surface area (Å²) in [5, 5.41) is 0. The number of benzene rings is 3. The molecule has 0 spiro atoms. The van der Waals surface area contributed by atoms with Crippen molar-refractivity contribution in [2.24, 2.45) is 5.92 Å². The van der Waals surface area contributed by atoms with Crippen LogP contribution in [-0.4, -0.2) is 60.1 Å². The molecule has 2 heterocycles. The third kappa shape index (κ3) is 7.17.